The minimum Gasteiger partial charge on any atom is -0.508 e. The molecule has 1 aliphatic rings. The van der Waals surface area contributed by atoms with Gasteiger partial charge in [0.1, 0.15) is 11.5 Å². The van der Waals surface area contributed by atoms with Crippen LogP contribution in [0.2, 0.25) is 0 Å². The molecule has 4 aromatic rings. The van der Waals surface area contributed by atoms with Crippen molar-refractivity contribution in [3.63, 3.8) is 0 Å². The molecule has 1 aliphatic heterocycles. The van der Waals surface area contributed by atoms with Crippen molar-refractivity contribution in [1.29, 1.82) is 0 Å². The lowest BCUT2D eigenvalue weighted by Crippen LogP contribution is -2.37. The first-order valence-electron chi connectivity index (χ1n) is 13.0. The van der Waals surface area contributed by atoms with Crippen LogP contribution in [-0.2, 0) is 6.54 Å². The van der Waals surface area contributed by atoms with E-state index in [1.807, 2.05) is 44.3 Å². The number of H-pyrrole nitrogens is 1. The van der Waals surface area contributed by atoms with Gasteiger partial charge in [0.2, 0.25) is 0 Å². The van der Waals surface area contributed by atoms with Gasteiger partial charge in [-0.15, -0.1) is 0 Å². The summed E-state index contributed by atoms with van der Waals surface area (Å²) in [7, 11) is 0. The van der Waals surface area contributed by atoms with E-state index in [0.717, 1.165) is 43.1 Å². The number of aromatic amines is 1. The van der Waals surface area contributed by atoms with Crippen molar-refractivity contribution in [2.24, 2.45) is 5.92 Å². The zero-order valence-electron chi connectivity index (χ0n) is 21.6. The summed E-state index contributed by atoms with van der Waals surface area (Å²) in [6.45, 7) is 5.97. The van der Waals surface area contributed by atoms with Crippen LogP contribution >= 0.6 is 0 Å². The molecule has 5 rings (SSSR count). The number of nitrogens with one attached hydrogen (secondary N) is 1. The molecule has 0 atom stereocenters. The summed E-state index contributed by atoms with van der Waals surface area (Å²) in [6.07, 6.45) is 5.12. The van der Waals surface area contributed by atoms with E-state index in [1.165, 1.54) is 15.5 Å². The number of benzene rings is 2. The van der Waals surface area contributed by atoms with Gasteiger partial charge < -0.3 is 24.8 Å². The fourth-order valence-corrected chi connectivity index (χ4v) is 5.44. The number of rotatable bonds is 7. The lowest BCUT2D eigenvalue weighted by Gasteiger charge is -2.30. The summed E-state index contributed by atoms with van der Waals surface area (Å²) in [6, 6.07) is 10.7. The normalized spacial score (nSPS) is 14.6. The lowest BCUT2D eigenvalue weighted by molar-refractivity contribution is 0.122. The minimum absolute atomic E-state index is 0.000776. The molecule has 0 radical (unpaired) electrons. The van der Waals surface area contributed by atoms with Gasteiger partial charge in [-0.3, -0.25) is 0 Å². The molecule has 0 unspecified atom stereocenters. The van der Waals surface area contributed by atoms with Crippen LogP contribution in [0.3, 0.4) is 0 Å². The smallest absolute Gasteiger partial charge is 0.407 e. The lowest BCUT2D eigenvalue weighted by atomic mass is 9.92. The van der Waals surface area contributed by atoms with Gasteiger partial charge in [0, 0.05) is 42.8 Å². The Balaban J connectivity index is 1.35. The Hall–Kier alpha value is -4.21. The number of hydrogen-bond acceptors (Lipinski definition) is 5. The highest BCUT2D eigenvalue weighted by Gasteiger charge is 2.22. The average molecular weight is 520 g/mol. The molecule has 2 aromatic heterocycles. The quantitative estimate of drug-likeness (QED) is 0.275. The van der Waals surface area contributed by atoms with Crippen LogP contribution in [0.1, 0.15) is 51.0 Å². The van der Waals surface area contributed by atoms with Crippen molar-refractivity contribution in [2.45, 2.75) is 52.0 Å². The number of aromatic hydroxyl groups is 2. The molecule has 10 heteroatoms. The third kappa shape index (κ3) is 4.85. The Bertz CT molecular complexity index is 1520. The van der Waals surface area contributed by atoms with E-state index >= 15 is 0 Å². The van der Waals surface area contributed by atoms with E-state index in [2.05, 4.69) is 14.8 Å². The van der Waals surface area contributed by atoms with Crippen LogP contribution in [-0.4, -0.2) is 58.7 Å². The Kier molecular flexibility index (Phi) is 6.88. The fourth-order valence-electron chi connectivity index (χ4n) is 5.44. The summed E-state index contributed by atoms with van der Waals surface area (Å²) in [5.41, 5.74) is 2.26. The Morgan fingerprint density at radius 2 is 1.87 bits per heavy atom. The highest BCUT2D eigenvalue weighted by molar-refractivity contribution is 5.83. The van der Waals surface area contributed by atoms with E-state index in [-0.39, 0.29) is 23.2 Å². The zero-order valence-corrected chi connectivity index (χ0v) is 21.6. The monoisotopic (exact) mass is 519 g/mol. The second kappa shape index (κ2) is 10.3. The highest BCUT2D eigenvalue weighted by Crippen LogP contribution is 2.37. The van der Waals surface area contributed by atoms with E-state index in [0.29, 0.717) is 35.8 Å². The molecule has 0 saturated carbocycles. The number of hydrogen-bond donors (Lipinski definition) is 4. The van der Waals surface area contributed by atoms with E-state index < -0.39 is 11.8 Å². The number of carboxylic acid groups (broad SMARTS) is 1. The Labute approximate surface area is 219 Å². The summed E-state index contributed by atoms with van der Waals surface area (Å²) in [5.74, 6) is 0.675. The van der Waals surface area contributed by atoms with Crippen molar-refractivity contribution in [2.75, 3.05) is 13.1 Å². The van der Waals surface area contributed by atoms with Gasteiger partial charge in [-0.25, -0.2) is 19.3 Å². The van der Waals surface area contributed by atoms with Gasteiger partial charge in [0.15, 0.2) is 5.82 Å². The summed E-state index contributed by atoms with van der Waals surface area (Å²) in [4.78, 5) is 25.4. The maximum Gasteiger partial charge on any atom is 0.407 e. The number of fused-ring (bicyclic) bond motifs is 1. The molecule has 3 heterocycles. The van der Waals surface area contributed by atoms with Crippen LogP contribution in [0.15, 0.2) is 47.4 Å². The predicted molar refractivity (Wildman–Crippen MR) is 144 cm³/mol. The average Bonchev–Trinajstić information content (AvgIpc) is 3.47. The molecular weight excluding hydrogens is 486 g/mol. The number of aromatic nitrogens is 4. The number of carbonyl (C=O) groups is 1. The summed E-state index contributed by atoms with van der Waals surface area (Å²) >= 11 is 0. The second-order valence-corrected chi connectivity index (χ2v) is 10.4. The van der Waals surface area contributed by atoms with Gasteiger partial charge in [-0.05, 0) is 73.4 Å². The van der Waals surface area contributed by atoms with Crippen LogP contribution in [0.5, 0.6) is 11.5 Å². The fraction of sp³-hybridized carbons (Fsp3) is 0.393. The SMILES string of the molecule is CC(C)c1cc(-c2n[nH]c(=O)n2-c2ccc3c(ccn3CCCC3CCN(C(=O)O)CC3)c2)c(O)cc1O. The standard InChI is InChI=1S/C28H33N5O5/c1-17(2)21-15-22(25(35)16-24(21)34)26-29-30-27(36)33(26)20-5-6-23-19(14-20)9-13-31(23)10-3-4-18-7-11-32(12-8-18)28(37)38/h5-6,9,13-18,34-35H,3-4,7-8,10-12H2,1-2H3,(H,30,36)(H,37,38). The Morgan fingerprint density at radius 1 is 1.11 bits per heavy atom. The molecule has 0 aliphatic carbocycles. The summed E-state index contributed by atoms with van der Waals surface area (Å²) in [5, 5.41) is 37.6. The summed E-state index contributed by atoms with van der Waals surface area (Å²) < 4.78 is 3.63. The second-order valence-electron chi connectivity index (χ2n) is 10.4. The van der Waals surface area contributed by atoms with Crippen LogP contribution in [0, 0.1) is 5.92 Å². The van der Waals surface area contributed by atoms with Crippen molar-refractivity contribution >= 4 is 17.0 Å². The molecule has 1 fully saturated rings. The zero-order chi connectivity index (χ0) is 27.0. The van der Waals surface area contributed by atoms with Crippen LogP contribution in [0.4, 0.5) is 4.79 Å². The predicted octanol–water partition coefficient (Wildman–Crippen LogP) is 4.89. The minimum atomic E-state index is -0.827. The van der Waals surface area contributed by atoms with E-state index in [9.17, 15) is 19.8 Å². The van der Waals surface area contributed by atoms with Crippen LogP contribution in [0.25, 0.3) is 28.0 Å². The molecule has 2 aromatic carbocycles. The molecule has 38 heavy (non-hydrogen) atoms. The number of piperidine rings is 1. The largest absolute Gasteiger partial charge is 0.508 e. The van der Waals surface area contributed by atoms with Gasteiger partial charge in [-0.2, -0.15) is 5.10 Å². The third-order valence-electron chi connectivity index (χ3n) is 7.59. The third-order valence-corrected chi connectivity index (χ3v) is 7.59. The number of phenolic OH excluding ortho intramolecular Hbond substituents is 2. The van der Waals surface area contributed by atoms with Gasteiger partial charge in [-0.1, -0.05) is 13.8 Å². The molecule has 200 valence electrons. The first kappa shape index (κ1) is 25.4. The van der Waals surface area contributed by atoms with Gasteiger partial charge in [0.25, 0.3) is 0 Å². The highest BCUT2D eigenvalue weighted by atomic mass is 16.4. The number of nitrogens with zero attached hydrogens (tertiary/aromatic N) is 4. The molecular formula is C28H33N5O5. The van der Waals surface area contributed by atoms with E-state index in [1.54, 1.807) is 6.07 Å². The van der Waals surface area contributed by atoms with Crippen LogP contribution < -0.4 is 5.69 Å². The van der Waals surface area contributed by atoms with Gasteiger partial charge in [0.05, 0.1) is 11.3 Å². The molecule has 10 nitrogen and oxygen atoms in total. The maximum absolute atomic E-state index is 12.8. The molecule has 1 saturated heterocycles. The van der Waals surface area contributed by atoms with Crippen molar-refractivity contribution in [3.05, 3.63) is 58.6 Å². The van der Waals surface area contributed by atoms with Gasteiger partial charge >= 0.3 is 11.8 Å². The van der Waals surface area contributed by atoms with Crippen molar-refractivity contribution < 1.29 is 20.1 Å². The Morgan fingerprint density at radius 3 is 2.58 bits per heavy atom. The van der Waals surface area contributed by atoms with Crippen molar-refractivity contribution in [1.82, 2.24) is 24.2 Å². The number of phenols is 2. The molecule has 1 amide bonds. The first-order chi connectivity index (χ1) is 18.2. The van der Waals surface area contributed by atoms with Crippen molar-refractivity contribution in [3.8, 4) is 28.6 Å². The number of aryl methyl sites for hydroxylation is 1. The molecule has 0 bridgehead atoms. The number of amides is 1. The van der Waals surface area contributed by atoms with E-state index in [4.69, 9.17) is 5.11 Å². The molecule has 0 spiro atoms. The topological polar surface area (TPSA) is 137 Å². The first-order valence-corrected chi connectivity index (χ1v) is 13.0. The maximum atomic E-state index is 12.8. The molecule has 4 N–H and O–H groups in total. The number of likely N-dealkylation sites (tertiary alicyclic amines) is 1.